The van der Waals surface area contributed by atoms with Crippen LogP contribution in [-0.2, 0) is 0 Å². The van der Waals surface area contributed by atoms with Crippen LogP contribution < -0.4 is 4.74 Å². The van der Waals surface area contributed by atoms with E-state index in [4.69, 9.17) is 10.1 Å². The van der Waals surface area contributed by atoms with E-state index in [2.05, 4.69) is 19.1 Å². The van der Waals surface area contributed by atoms with Crippen molar-refractivity contribution >= 4 is 5.71 Å². The van der Waals surface area contributed by atoms with Crippen molar-refractivity contribution in [1.82, 2.24) is 0 Å². The normalized spacial score (nSPS) is 20.8. The first-order chi connectivity index (χ1) is 7.74. The Hall–Kier alpha value is -1.31. The number of hydrogen-bond donors (Lipinski definition) is 1. The molecule has 0 amide bonds. The van der Waals surface area contributed by atoms with Gasteiger partial charge in [0.05, 0.1) is 6.61 Å². The van der Waals surface area contributed by atoms with E-state index in [1.807, 2.05) is 12.1 Å². The zero-order valence-corrected chi connectivity index (χ0v) is 9.83. The number of ether oxygens (including phenoxy) is 1. The van der Waals surface area contributed by atoms with Crippen molar-refractivity contribution in [3.05, 3.63) is 29.8 Å². The van der Waals surface area contributed by atoms with Gasteiger partial charge in [-0.05, 0) is 50.7 Å². The molecule has 0 spiro atoms. The van der Waals surface area contributed by atoms with Gasteiger partial charge in [-0.25, -0.2) is 0 Å². The van der Waals surface area contributed by atoms with Gasteiger partial charge in [0.2, 0.25) is 0 Å². The standard InChI is InChI=1S/C14H19NO/c1-11-2-8-14(9-3-11)16-10-12-4-6-13(15)7-5-12/h2-3,8-9,12,15H,4-7,10H2,1H3. The molecular formula is C14H19NO. The lowest BCUT2D eigenvalue weighted by atomic mass is 9.89. The minimum atomic E-state index is 0.635. The van der Waals surface area contributed by atoms with Gasteiger partial charge in [-0.15, -0.1) is 0 Å². The lowest BCUT2D eigenvalue weighted by molar-refractivity contribution is 0.229. The molecular weight excluding hydrogens is 198 g/mol. The van der Waals surface area contributed by atoms with Crippen LogP contribution in [0.25, 0.3) is 0 Å². The van der Waals surface area contributed by atoms with Gasteiger partial charge in [0.15, 0.2) is 0 Å². The first kappa shape index (κ1) is 11.2. The number of hydrogen-bond acceptors (Lipinski definition) is 2. The lowest BCUT2D eigenvalue weighted by Crippen LogP contribution is -2.19. The highest BCUT2D eigenvalue weighted by atomic mass is 16.5. The van der Waals surface area contributed by atoms with Crippen molar-refractivity contribution in [1.29, 1.82) is 5.41 Å². The summed E-state index contributed by atoms with van der Waals surface area (Å²) in [6.45, 7) is 2.88. The molecule has 1 aliphatic rings. The second-order valence-electron chi connectivity index (χ2n) is 4.67. The topological polar surface area (TPSA) is 33.1 Å². The van der Waals surface area contributed by atoms with Crippen molar-refractivity contribution in [3.63, 3.8) is 0 Å². The molecule has 0 aromatic heterocycles. The fourth-order valence-electron chi connectivity index (χ4n) is 2.04. The summed E-state index contributed by atoms with van der Waals surface area (Å²) in [5, 5.41) is 7.56. The van der Waals surface area contributed by atoms with Crippen molar-refractivity contribution < 1.29 is 4.74 Å². The quantitative estimate of drug-likeness (QED) is 0.824. The summed E-state index contributed by atoms with van der Waals surface area (Å²) in [5.41, 5.74) is 2.17. The molecule has 1 aromatic rings. The third-order valence-electron chi connectivity index (χ3n) is 3.22. The van der Waals surface area contributed by atoms with E-state index in [-0.39, 0.29) is 0 Å². The van der Waals surface area contributed by atoms with Crippen molar-refractivity contribution in [2.45, 2.75) is 32.6 Å². The molecule has 0 saturated heterocycles. The van der Waals surface area contributed by atoms with Crippen molar-refractivity contribution in [2.24, 2.45) is 5.92 Å². The van der Waals surface area contributed by atoms with Crippen LogP contribution >= 0.6 is 0 Å². The third-order valence-corrected chi connectivity index (χ3v) is 3.22. The summed E-state index contributed by atoms with van der Waals surface area (Å²) >= 11 is 0. The van der Waals surface area contributed by atoms with Gasteiger partial charge in [0.1, 0.15) is 5.75 Å². The Kier molecular flexibility index (Phi) is 3.60. The molecule has 0 atom stereocenters. The Morgan fingerprint density at radius 2 is 1.81 bits per heavy atom. The Bertz CT molecular complexity index is 346. The van der Waals surface area contributed by atoms with E-state index in [1.165, 1.54) is 5.56 Å². The highest BCUT2D eigenvalue weighted by Crippen LogP contribution is 2.23. The Morgan fingerprint density at radius 3 is 2.44 bits per heavy atom. The first-order valence-corrected chi connectivity index (χ1v) is 6.00. The van der Waals surface area contributed by atoms with Crippen LogP contribution in [0.15, 0.2) is 24.3 Å². The second kappa shape index (κ2) is 5.15. The molecule has 0 bridgehead atoms. The van der Waals surface area contributed by atoms with Crippen LogP contribution in [0.2, 0.25) is 0 Å². The molecule has 16 heavy (non-hydrogen) atoms. The van der Waals surface area contributed by atoms with Crippen LogP contribution in [-0.4, -0.2) is 12.3 Å². The molecule has 0 heterocycles. The van der Waals surface area contributed by atoms with Gasteiger partial charge < -0.3 is 10.1 Å². The Balaban J connectivity index is 1.79. The average molecular weight is 217 g/mol. The number of rotatable bonds is 3. The van der Waals surface area contributed by atoms with Crippen LogP contribution in [0.4, 0.5) is 0 Å². The molecule has 1 saturated carbocycles. The van der Waals surface area contributed by atoms with E-state index in [0.29, 0.717) is 5.92 Å². The first-order valence-electron chi connectivity index (χ1n) is 6.00. The molecule has 0 unspecified atom stereocenters. The van der Waals surface area contributed by atoms with Gasteiger partial charge in [0, 0.05) is 5.71 Å². The van der Waals surface area contributed by atoms with E-state index >= 15 is 0 Å². The zero-order valence-electron chi connectivity index (χ0n) is 9.83. The number of benzene rings is 1. The molecule has 0 radical (unpaired) electrons. The van der Waals surface area contributed by atoms with Crippen molar-refractivity contribution in [3.8, 4) is 5.75 Å². The maximum Gasteiger partial charge on any atom is 0.119 e. The molecule has 0 aliphatic heterocycles. The smallest absolute Gasteiger partial charge is 0.119 e. The fraction of sp³-hybridized carbons (Fsp3) is 0.500. The molecule has 2 nitrogen and oxygen atoms in total. The summed E-state index contributed by atoms with van der Waals surface area (Å²) in [4.78, 5) is 0. The molecule has 2 heteroatoms. The largest absolute Gasteiger partial charge is 0.493 e. The Labute approximate surface area is 97.1 Å². The van der Waals surface area contributed by atoms with Crippen LogP contribution in [0.5, 0.6) is 5.75 Å². The molecule has 86 valence electrons. The van der Waals surface area contributed by atoms with Gasteiger partial charge in [0.25, 0.3) is 0 Å². The predicted molar refractivity (Wildman–Crippen MR) is 66.4 cm³/mol. The molecule has 2 rings (SSSR count). The molecule has 1 fully saturated rings. The van der Waals surface area contributed by atoms with Crippen LogP contribution in [0.3, 0.4) is 0 Å². The van der Waals surface area contributed by atoms with E-state index in [1.54, 1.807) is 0 Å². The van der Waals surface area contributed by atoms with Crippen LogP contribution in [0.1, 0.15) is 31.2 Å². The molecule has 1 aliphatic carbocycles. The highest BCUT2D eigenvalue weighted by molar-refractivity contribution is 5.81. The Morgan fingerprint density at radius 1 is 1.19 bits per heavy atom. The minimum Gasteiger partial charge on any atom is -0.493 e. The zero-order chi connectivity index (χ0) is 11.4. The maximum atomic E-state index is 7.56. The van der Waals surface area contributed by atoms with E-state index < -0.39 is 0 Å². The lowest BCUT2D eigenvalue weighted by Gasteiger charge is -2.22. The summed E-state index contributed by atoms with van der Waals surface area (Å²) < 4.78 is 5.77. The minimum absolute atomic E-state index is 0.635. The van der Waals surface area contributed by atoms with Gasteiger partial charge in [-0.2, -0.15) is 0 Å². The highest BCUT2D eigenvalue weighted by Gasteiger charge is 2.16. The van der Waals surface area contributed by atoms with E-state index in [9.17, 15) is 0 Å². The molecule has 1 aromatic carbocycles. The fourth-order valence-corrected chi connectivity index (χ4v) is 2.04. The maximum absolute atomic E-state index is 7.56. The summed E-state index contributed by atoms with van der Waals surface area (Å²) in [6, 6.07) is 8.21. The van der Waals surface area contributed by atoms with Gasteiger partial charge in [-0.1, -0.05) is 17.7 Å². The summed E-state index contributed by atoms with van der Waals surface area (Å²) in [6.07, 6.45) is 4.15. The average Bonchev–Trinajstić information content (AvgIpc) is 2.30. The SMILES string of the molecule is Cc1ccc(OCC2CCC(=N)CC2)cc1. The van der Waals surface area contributed by atoms with Crippen LogP contribution in [0, 0.1) is 18.3 Å². The monoisotopic (exact) mass is 217 g/mol. The second-order valence-corrected chi connectivity index (χ2v) is 4.67. The third kappa shape index (κ3) is 3.09. The number of aryl methyl sites for hydroxylation is 1. The van der Waals surface area contributed by atoms with Gasteiger partial charge in [-0.3, -0.25) is 0 Å². The van der Waals surface area contributed by atoms with Gasteiger partial charge >= 0.3 is 0 Å². The predicted octanol–water partition coefficient (Wildman–Crippen LogP) is 3.58. The number of nitrogens with one attached hydrogen (secondary N) is 1. The summed E-state index contributed by atoms with van der Waals surface area (Å²) in [7, 11) is 0. The van der Waals surface area contributed by atoms with E-state index in [0.717, 1.165) is 43.8 Å². The molecule has 1 N–H and O–H groups in total. The summed E-state index contributed by atoms with van der Waals surface area (Å²) in [5.74, 6) is 1.60. The van der Waals surface area contributed by atoms with Crippen molar-refractivity contribution in [2.75, 3.05) is 6.61 Å².